The van der Waals surface area contributed by atoms with Gasteiger partial charge in [-0.3, -0.25) is 0 Å². The molecule has 0 radical (unpaired) electrons. The van der Waals surface area contributed by atoms with Gasteiger partial charge >= 0.3 is 0 Å². The summed E-state index contributed by atoms with van der Waals surface area (Å²) in [6.45, 7) is 7.52. The SMILES string of the molecule is CCCCCC(C)Nc1nc(NCCC)cn2ccnc12. The van der Waals surface area contributed by atoms with E-state index >= 15 is 0 Å². The number of aromatic nitrogens is 3. The summed E-state index contributed by atoms with van der Waals surface area (Å²) >= 11 is 0. The summed E-state index contributed by atoms with van der Waals surface area (Å²) in [7, 11) is 0. The Morgan fingerprint density at radius 1 is 1.24 bits per heavy atom. The third-order valence-electron chi connectivity index (χ3n) is 3.55. The first-order chi connectivity index (χ1) is 10.2. The van der Waals surface area contributed by atoms with Gasteiger partial charge in [-0.1, -0.05) is 33.1 Å². The summed E-state index contributed by atoms with van der Waals surface area (Å²) in [5, 5.41) is 6.85. The van der Waals surface area contributed by atoms with E-state index in [1.165, 1.54) is 19.3 Å². The van der Waals surface area contributed by atoms with Crippen LogP contribution in [0.3, 0.4) is 0 Å². The molecule has 2 aromatic rings. The highest BCUT2D eigenvalue weighted by atomic mass is 15.1. The van der Waals surface area contributed by atoms with Crippen LogP contribution in [0.25, 0.3) is 5.65 Å². The summed E-state index contributed by atoms with van der Waals surface area (Å²) in [5.74, 6) is 1.76. The number of fused-ring (bicyclic) bond motifs is 1. The monoisotopic (exact) mass is 289 g/mol. The molecule has 116 valence electrons. The van der Waals surface area contributed by atoms with Crippen molar-refractivity contribution in [1.29, 1.82) is 0 Å². The molecule has 2 N–H and O–H groups in total. The van der Waals surface area contributed by atoms with Crippen molar-refractivity contribution < 1.29 is 0 Å². The molecule has 21 heavy (non-hydrogen) atoms. The molecule has 0 amide bonds. The maximum absolute atomic E-state index is 4.67. The molecular formula is C16H27N5. The molecule has 5 nitrogen and oxygen atoms in total. The van der Waals surface area contributed by atoms with Gasteiger partial charge in [0.15, 0.2) is 11.5 Å². The van der Waals surface area contributed by atoms with E-state index in [0.717, 1.165) is 36.7 Å². The zero-order valence-corrected chi connectivity index (χ0v) is 13.4. The van der Waals surface area contributed by atoms with Crippen LogP contribution in [0.1, 0.15) is 52.9 Å². The molecule has 0 bridgehead atoms. The van der Waals surface area contributed by atoms with Crippen LogP contribution in [0.2, 0.25) is 0 Å². The lowest BCUT2D eigenvalue weighted by Gasteiger charge is -2.16. The average Bonchev–Trinajstić information content (AvgIpc) is 2.94. The number of anilines is 2. The topological polar surface area (TPSA) is 54.2 Å². The predicted molar refractivity (Wildman–Crippen MR) is 89.0 cm³/mol. The first-order valence-electron chi connectivity index (χ1n) is 8.08. The number of hydrogen-bond acceptors (Lipinski definition) is 4. The Bertz CT molecular complexity index is 549. The van der Waals surface area contributed by atoms with E-state index in [1.54, 1.807) is 0 Å². The molecular weight excluding hydrogens is 262 g/mol. The molecule has 0 aliphatic rings. The molecule has 2 heterocycles. The van der Waals surface area contributed by atoms with Gasteiger partial charge in [0.1, 0.15) is 5.82 Å². The van der Waals surface area contributed by atoms with Crippen LogP contribution in [-0.2, 0) is 0 Å². The smallest absolute Gasteiger partial charge is 0.180 e. The largest absolute Gasteiger partial charge is 0.369 e. The van der Waals surface area contributed by atoms with Crippen molar-refractivity contribution >= 4 is 17.3 Å². The van der Waals surface area contributed by atoms with E-state index in [4.69, 9.17) is 0 Å². The van der Waals surface area contributed by atoms with E-state index in [0.29, 0.717) is 6.04 Å². The van der Waals surface area contributed by atoms with Crippen LogP contribution < -0.4 is 10.6 Å². The molecule has 0 saturated heterocycles. The normalized spacial score (nSPS) is 12.5. The Morgan fingerprint density at radius 3 is 2.86 bits per heavy atom. The molecule has 5 heteroatoms. The van der Waals surface area contributed by atoms with Gasteiger partial charge < -0.3 is 15.0 Å². The Morgan fingerprint density at radius 2 is 2.10 bits per heavy atom. The second-order valence-corrected chi connectivity index (χ2v) is 5.60. The van der Waals surface area contributed by atoms with Crippen LogP contribution in [0.15, 0.2) is 18.6 Å². The molecule has 0 aliphatic heterocycles. The first kappa shape index (κ1) is 15.6. The molecule has 2 rings (SSSR count). The first-order valence-corrected chi connectivity index (χ1v) is 8.08. The Balaban J connectivity index is 2.10. The van der Waals surface area contributed by atoms with E-state index in [1.807, 2.05) is 23.0 Å². The molecule has 0 aromatic carbocycles. The van der Waals surface area contributed by atoms with Crippen molar-refractivity contribution in [3.63, 3.8) is 0 Å². The van der Waals surface area contributed by atoms with E-state index in [-0.39, 0.29) is 0 Å². The zero-order valence-electron chi connectivity index (χ0n) is 13.4. The maximum Gasteiger partial charge on any atom is 0.180 e. The van der Waals surface area contributed by atoms with E-state index in [9.17, 15) is 0 Å². The third kappa shape index (κ3) is 4.34. The number of rotatable bonds is 9. The summed E-state index contributed by atoms with van der Waals surface area (Å²) in [6.07, 6.45) is 11.8. The van der Waals surface area contributed by atoms with Gasteiger partial charge in [0, 0.05) is 25.0 Å². The van der Waals surface area contributed by atoms with Crippen LogP contribution in [0.4, 0.5) is 11.6 Å². The summed E-state index contributed by atoms with van der Waals surface area (Å²) in [6, 6.07) is 0.408. The molecule has 0 spiro atoms. The molecule has 2 aromatic heterocycles. The van der Waals surface area contributed by atoms with E-state index < -0.39 is 0 Å². The fraction of sp³-hybridized carbons (Fsp3) is 0.625. The lowest BCUT2D eigenvalue weighted by molar-refractivity contribution is 0.614. The van der Waals surface area contributed by atoms with Crippen molar-refractivity contribution in [2.45, 2.75) is 58.9 Å². The molecule has 0 aliphatic carbocycles. The van der Waals surface area contributed by atoms with Crippen LogP contribution in [-0.4, -0.2) is 27.0 Å². The van der Waals surface area contributed by atoms with Crippen molar-refractivity contribution in [3.8, 4) is 0 Å². The highest BCUT2D eigenvalue weighted by molar-refractivity contribution is 5.65. The standard InChI is InChI=1S/C16H27N5/c1-4-6-7-8-13(3)19-15-16-18-10-11-21(16)12-14(20-15)17-9-5-2/h10-13,17H,4-9H2,1-3H3,(H,19,20). The number of imidazole rings is 1. The minimum absolute atomic E-state index is 0.408. The van der Waals surface area contributed by atoms with Crippen LogP contribution in [0.5, 0.6) is 0 Å². The summed E-state index contributed by atoms with van der Waals surface area (Å²) in [4.78, 5) is 9.07. The fourth-order valence-corrected chi connectivity index (χ4v) is 2.37. The second kappa shape index (κ2) is 7.86. The van der Waals surface area contributed by atoms with Crippen molar-refractivity contribution in [3.05, 3.63) is 18.6 Å². The molecule has 1 unspecified atom stereocenters. The predicted octanol–water partition coefficient (Wildman–Crippen LogP) is 3.93. The zero-order chi connectivity index (χ0) is 15.1. The third-order valence-corrected chi connectivity index (χ3v) is 3.55. The summed E-state index contributed by atoms with van der Waals surface area (Å²) < 4.78 is 2.02. The number of hydrogen-bond donors (Lipinski definition) is 2. The number of nitrogens with zero attached hydrogens (tertiary/aromatic N) is 3. The average molecular weight is 289 g/mol. The van der Waals surface area contributed by atoms with Crippen LogP contribution >= 0.6 is 0 Å². The molecule has 0 saturated carbocycles. The van der Waals surface area contributed by atoms with Gasteiger partial charge in [-0.2, -0.15) is 0 Å². The molecule has 0 fully saturated rings. The van der Waals surface area contributed by atoms with E-state index in [2.05, 4.69) is 41.4 Å². The minimum Gasteiger partial charge on any atom is -0.369 e. The van der Waals surface area contributed by atoms with Crippen molar-refractivity contribution in [2.24, 2.45) is 0 Å². The minimum atomic E-state index is 0.408. The van der Waals surface area contributed by atoms with Gasteiger partial charge in [0.25, 0.3) is 0 Å². The lowest BCUT2D eigenvalue weighted by atomic mass is 10.1. The Kier molecular flexibility index (Phi) is 5.84. The van der Waals surface area contributed by atoms with Crippen molar-refractivity contribution in [1.82, 2.24) is 14.4 Å². The van der Waals surface area contributed by atoms with Gasteiger partial charge in [0.2, 0.25) is 0 Å². The maximum atomic E-state index is 4.67. The van der Waals surface area contributed by atoms with Gasteiger partial charge in [0.05, 0.1) is 6.20 Å². The van der Waals surface area contributed by atoms with Crippen LogP contribution in [0, 0.1) is 0 Å². The quantitative estimate of drug-likeness (QED) is 0.687. The fourth-order valence-electron chi connectivity index (χ4n) is 2.37. The second-order valence-electron chi connectivity index (χ2n) is 5.60. The van der Waals surface area contributed by atoms with Gasteiger partial charge in [-0.25, -0.2) is 9.97 Å². The Hall–Kier alpha value is -1.78. The highest BCUT2D eigenvalue weighted by Gasteiger charge is 2.10. The van der Waals surface area contributed by atoms with Gasteiger partial charge in [-0.15, -0.1) is 0 Å². The Labute approximate surface area is 127 Å². The number of nitrogens with one attached hydrogen (secondary N) is 2. The number of unbranched alkanes of at least 4 members (excludes halogenated alkanes) is 2. The summed E-state index contributed by atoms with van der Waals surface area (Å²) in [5.41, 5.74) is 0.888. The van der Waals surface area contributed by atoms with Crippen molar-refractivity contribution in [2.75, 3.05) is 17.2 Å². The molecule has 1 atom stereocenters. The highest BCUT2D eigenvalue weighted by Crippen LogP contribution is 2.18. The van der Waals surface area contributed by atoms with Gasteiger partial charge in [-0.05, 0) is 19.8 Å². The lowest BCUT2D eigenvalue weighted by Crippen LogP contribution is -2.17.